The maximum absolute atomic E-state index is 12.6. The molecule has 1 aliphatic heterocycles. The summed E-state index contributed by atoms with van der Waals surface area (Å²) in [6.45, 7) is 8.45. The number of esters is 1. The lowest BCUT2D eigenvalue weighted by atomic mass is 10.00. The number of likely N-dealkylation sites (N-methyl/N-ethyl adjacent to an activating group) is 1. The molecule has 1 heterocycles. The summed E-state index contributed by atoms with van der Waals surface area (Å²) in [5, 5.41) is 0. The number of ether oxygens (including phenoxy) is 3. The van der Waals surface area contributed by atoms with Gasteiger partial charge in [-0.15, -0.1) is 0 Å². The van der Waals surface area contributed by atoms with Gasteiger partial charge in [0.2, 0.25) is 6.79 Å². The summed E-state index contributed by atoms with van der Waals surface area (Å²) in [5.41, 5.74) is 4.24. The zero-order valence-corrected chi connectivity index (χ0v) is 16.7. The van der Waals surface area contributed by atoms with Crippen LogP contribution < -0.4 is 9.47 Å². The van der Waals surface area contributed by atoms with Crippen molar-refractivity contribution in [3.63, 3.8) is 0 Å². The second-order valence-electron chi connectivity index (χ2n) is 6.95. The van der Waals surface area contributed by atoms with Gasteiger partial charge >= 0.3 is 5.97 Å². The van der Waals surface area contributed by atoms with Crippen LogP contribution in [-0.2, 0) is 16.1 Å². The summed E-state index contributed by atoms with van der Waals surface area (Å²) in [4.78, 5) is 26.7. The molecule has 0 aromatic heterocycles. The Morgan fingerprint density at radius 2 is 1.71 bits per heavy atom. The van der Waals surface area contributed by atoms with Crippen LogP contribution in [-0.4, -0.2) is 36.7 Å². The lowest BCUT2D eigenvalue weighted by Crippen LogP contribution is -2.34. The van der Waals surface area contributed by atoms with Crippen LogP contribution in [0.15, 0.2) is 30.3 Å². The van der Waals surface area contributed by atoms with Crippen LogP contribution in [0, 0.1) is 20.8 Å². The summed E-state index contributed by atoms with van der Waals surface area (Å²) in [6.07, 6.45) is 0. The van der Waals surface area contributed by atoms with E-state index in [1.165, 1.54) is 0 Å². The number of hydrogen-bond donors (Lipinski definition) is 0. The molecule has 0 fully saturated rings. The van der Waals surface area contributed by atoms with E-state index in [9.17, 15) is 9.59 Å². The highest BCUT2D eigenvalue weighted by Gasteiger charge is 2.20. The van der Waals surface area contributed by atoms with Gasteiger partial charge in [-0.25, -0.2) is 4.79 Å². The van der Waals surface area contributed by atoms with E-state index >= 15 is 0 Å². The van der Waals surface area contributed by atoms with E-state index in [1.54, 1.807) is 4.90 Å². The fourth-order valence-corrected chi connectivity index (χ4v) is 3.43. The maximum atomic E-state index is 12.6. The van der Waals surface area contributed by atoms with Crippen molar-refractivity contribution in [1.82, 2.24) is 4.90 Å². The summed E-state index contributed by atoms with van der Waals surface area (Å²) in [6, 6.07) is 9.46. The summed E-state index contributed by atoms with van der Waals surface area (Å²) < 4.78 is 16.0. The highest BCUT2D eigenvalue weighted by molar-refractivity contribution is 5.94. The first-order valence-corrected chi connectivity index (χ1v) is 9.30. The topological polar surface area (TPSA) is 65.1 Å². The van der Waals surface area contributed by atoms with Crippen molar-refractivity contribution in [3.05, 3.63) is 58.1 Å². The van der Waals surface area contributed by atoms with E-state index in [4.69, 9.17) is 14.2 Å². The highest BCUT2D eigenvalue weighted by atomic mass is 16.7. The molecule has 0 spiro atoms. The summed E-state index contributed by atoms with van der Waals surface area (Å²) in [5.74, 6) is 0.673. The van der Waals surface area contributed by atoms with Gasteiger partial charge in [-0.05, 0) is 56.5 Å². The van der Waals surface area contributed by atoms with E-state index in [0.717, 1.165) is 22.3 Å². The van der Waals surface area contributed by atoms with Crippen molar-refractivity contribution >= 4 is 11.9 Å². The Labute approximate surface area is 165 Å². The molecule has 0 saturated carbocycles. The number of nitrogens with zero attached hydrogens (tertiary/aromatic N) is 1. The Bertz CT molecular complexity index is 883. The molecule has 0 aliphatic carbocycles. The number of fused-ring (bicyclic) bond motifs is 1. The molecule has 0 unspecified atom stereocenters. The number of amides is 1. The van der Waals surface area contributed by atoms with Crippen molar-refractivity contribution in [3.8, 4) is 11.5 Å². The number of hydrogen-bond acceptors (Lipinski definition) is 5. The number of benzene rings is 2. The maximum Gasteiger partial charge on any atom is 0.339 e. The van der Waals surface area contributed by atoms with Gasteiger partial charge in [0.05, 0.1) is 5.56 Å². The standard InChI is InChI=1S/C22H25NO5/c1-5-23(11-17-6-7-18-19(10-17)28-13-27-18)20(24)12-26-22(25)21-15(3)8-14(2)9-16(21)4/h6-10H,5,11-13H2,1-4H3. The molecule has 6 nitrogen and oxygen atoms in total. The minimum atomic E-state index is -0.470. The fraction of sp³-hybridized carbons (Fsp3) is 0.364. The number of rotatable bonds is 6. The van der Waals surface area contributed by atoms with Crippen LogP contribution >= 0.6 is 0 Å². The van der Waals surface area contributed by atoms with Crippen LogP contribution in [0.4, 0.5) is 0 Å². The van der Waals surface area contributed by atoms with Crippen LogP contribution in [0.3, 0.4) is 0 Å². The molecule has 2 aromatic carbocycles. The van der Waals surface area contributed by atoms with Gasteiger partial charge in [0.15, 0.2) is 18.1 Å². The Hall–Kier alpha value is -3.02. The van der Waals surface area contributed by atoms with Crippen molar-refractivity contribution in [1.29, 1.82) is 0 Å². The molecule has 1 aliphatic rings. The third-order valence-electron chi connectivity index (χ3n) is 4.75. The molecule has 0 radical (unpaired) electrons. The molecule has 0 atom stereocenters. The average Bonchev–Trinajstić information content (AvgIpc) is 3.11. The van der Waals surface area contributed by atoms with Gasteiger partial charge in [-0.1, -0.05) is 23.8 Å². The largest absolute Gasteiger partial charge is 0.454 e. The van der Waals surface area contributed by atoms with Crippen LogP contribution in [0.25, 0.3) is 0 Å². The Kier molecular flexibility index (Phi) is 5.87. The summed E-state index contributed by atoms with van der Waals surface area (Å²) in [7, 11) is 0. The van der Waals surface area contributed by atoms with Crippen molar-refractivity contribution in [2.75, 3.05) is 19.9 Å². The molecule has 0 saturated heterocycles. The SMILES string of the molecule is CCN(Cc1ccc2c(c1)OCO2)C(=O)COC(=O)c1c(C)cc(C)cc1C. The monoisotopic (exact) mass is 383 g/mol. The molecule has 3 rings (SSSR count). The molecule has 148 valence electrons. The average molecular weight is 383 g/mol. The Morgan fingerprint density at radius 1 is 1.04 bits per heavy atom. The van der Waals surface area contributed by atoms with E-state index < -0.39 is 5.97 Å². The molecule has 6 heteroatoms. The van der Waals surface area contributed by atoms with Crippen molar-refractivity contribution in [2.45, 2.75) is 34.2 Å². The third-order valence-corrected chi connectivity index (χ3v) is 4.75. The van der Waals surface area contributed by atoms with Gasteiger partial charge in [-0.3, -0.25) is 4.79 Å². The van der Waals surface area contributed by atoms with Gasteiger partial charge in [0, 0.05) is 13.1 Å². The molecule has 1 amide bonds. The van der Waals surface area contributed by atoms with Gasteiger partial charge in [0.1, 0.15) is 0 Å². The fourth-order valence-electron chi connectivity index (χ4n) is 3.43. The zero-order valence-electron chi connectivity index (χ0n) is 16.7. The summed E-state index contributed by atoms with van der Waals surface area (Å²) >= 11 is 0. The zero-order chi connectivity index (χ0) is 20.3. The normalized spacial score (nSPS) is 12.0. The van der Waals surface area contributed by atoms with E-state index in [2.05, 4.69) is 0 Å². The Morgan fingerprint density at radius 3 is 2.39 bits per heavy atom. The molecule has 2 aromatic rings. The molecular formula is C22H25NO5. The second kappa shape index (κ2) is 8.33. The Balaban J connectivity index is 1.62. The molecule has 0 N–H and O–H groups in total. The smallest absolute Gasteiger partial charge is 0.339 e. The number of aryl methyl sites for hydroxylation is 3. The highest BCUT2D eigenvalue weighted by Crippen LogP contribution is 2.32. The van der Waals surface area contributed by atoms with E-state index in [1.807, 2.05) is 58.0 Å². The van der Waals surface area contributed by atoms with Gasteiger partial charge in [0.25, 0.3) is 5.91 Å². The molecular weight excluding hydrogens is 358 g/mol. The van der Waals surface area contributed by atoms with Crippen LogP contribution in [0.2, 0.25) is 0 Å². The van der Waals surface area contributed by atoms with Crippen molar-refractivity contribution in [2.24, 2.45) is 0 Å². The quantitative estimate of drug-likeness (QED) is 0.714. The first kappa shape index (κ1) is 19.7. The van der Waals surface area contributed by atoms with Gasteiger partial charge < -0.3 is 19.1 Å². The lowest BCUT2D eigenvalue weighted by molar-refractivity contribution is -0.134. The predicted octanol–water partition coefficient (Wildman–Crippen LogP) is 3.55. The third kappa shape index (κ3) is 4.27. The van der Waals surface area contributed by atoms with Gasteiger partial charge in [-0.2, -0.15) is 0 Å². The molecule has 0 bridgehead atoms. The van der Waals surface area contributed by atoms with E-state index in [0.29, 0.717) is 30.2 Å². The van der Waals surface area contributed by atoms with E-state index in [-0.39, 0.29) is 19.3 Å². The molecule has 28 heavy (non-hydrogen) atoms. The number of carbonyl (C=O) groups excluding carboxylic acids is 2. The first-order valence-electron chi connectivity index (χ1n) is 9.30. The predicted molar refractivity (Wildman–Crippen MR) is 105 cm³/mol. The first-order chi connectivity index (χ1) is 13.4. The second-order valence-corrected chi connectivity index (χ2v) is 6.95. The minimum Gasteiger partial charge on any atom is -0.454 e. The van der Waals surface area contributed by atoms with Crippen LogP contribution in [0.1, 0.15) is 39.5 Å². The van der Waals surface area contributed by atoms with Crippen molar-refractivity contribution < 1.29 is 23.8 Å². The number of carbonyl (C=O) groups is 2. The van der Waals surface area contributed by atoms with Crippen LogP contribution in [0.5, 0.6) is 11.5 Å². The lowest BCUT2D eigenvalue weighted by Gasteiger charge is -2.21. The minimum absolute atomic E-state index is 0.211.